The molecule has 2 rings (SSSR count). The van der Waals surface area contributed by atoms with Gasteiger partial charge in [-0.3, -0.25) is 9.89 Å². The van der Waals surface area contributed by atoms with Crippen molar-refractivity contribution in [2.45, 2.75) is 6.10 Å². The summed E-state index contributed by atoms with van der Waals surface area (Å²) >= 11 is 0. The minimum Gasteiger partial charge on any atom is -0.391 e. The van der Waals surface area contributed by atoms with Crippen molar-refractivity contribution < 1.29 is 9.90 Å². The molecule has 2 heterocycles. The highest BCUT2D eigenvalue weighted by atomic mass is 35.5. The molecule has 0 radical (unpaired) electrons. The minimum atomic E-state index is -0.368. The summed E-state index contributed by atoms with van der Waals surface area (Å²) in [5, 5.41) is 21.6. The smallest absolute Gasteiger partial charge is 0.269 e. The van der Waals surface area contributed by atoms with Crippen molar-refractivity contribution in [2.75, 3.05) is 19.6 Å². The Bertz CT molecular complexity index is 330. The summed E-state index contributed by atoms with van der Waals surface area (Å²) in [5.74, 6) is -0.0940. The molecule has 6 nitrogen and oxygen atoms in total. The van der Waals surface area contributed by atoms with E-state index in [4.69, 9.17) is 0 Å². The predicted octanol–water partition coefficient (Wildman–Crippen LogP) is -0.858. The Labute approximate surface area is 99.2 Å². The fraction of sp³-hybridized carbons (Fsp3) is 0.556. The predicted molar refractivity (Wildman–Crippen MR) is 60.5 cm³/mol. The lowest BCUT2D eigenvalue weighted by Crippen LogP contribution is -2.34. The van der Waals surface area contributed by atoms with Gasteiger partial charge in [-0.05, 0) is 6.07 Å². The van der Waals surface area contributed by atoms with E-state index < -0.39 is 0 Å². The number of H-pyrrole nitrogens is 1. The van der Waals surface area contributed by atoms with Crippen LogP contribution in [0.4, 0.5) is 0 Å². The van der Waals surface area contributed by atoms with Crippen LogP contribution in [0.3, 0.4) is 0 Å². The number of aromatic amines is 1. The summed E-state index contributed by atoms with van der Waals surface area (Å²) in [6, 6.07) is 1.61. The first kappa shape index (κ1) is 13.0. The number of hydrogen-bond donors (Lipinski definition) is 4. The van der Waals surface area contributed by atoms with Crippen molar-refractivity contribution in [3.05, 3.63) is 18.0 Å². The average Bonchev–Trinajstić information content (AvgIpc) is 2.85. The summed E-state index contributed by atoms with van der Waals surface area (Å²) in [5.41, 5.74) is 0.440. The highest BCUT2D eigenvalue weighted by Gasteiger charge is 2.25. The van der Waals surface area contributed by atoms with Gasteiger partial charge in [-0.15, -0.1) is 12.4 Å². The van der Waals surface area contributed by atoms with Gasteiger partial charge in [0.2, 0.25) is 0 Å². The summed E-state index contributed by atoms with van der Waals surface area (Å²) < 4.78 is 0. The number of nitrogens with zero attached hydrogens (tertiary/aromatic N) is 1. The number of hydrogen-bond acceptors (Lipinski definition) is 4. The van der Waals surface area contributed by atoms with E-state index in [1.165, 1.54) is 6.20 Å². The maximum Gasteiger partial charge on any atom is 0.269 e. The van der Waals surface area contributed by atoms with E-state index in [-0.39, 0.29) is 30.3 Å². The average molecular weight is 247 g/mol. The summed E-state index contributed by atoms with van der Waals surface area (Å²) in [4.78, 5) is 11.5. The van der Waals surface area contributed by atoms with E-state index in [1.807, 2.05) is 0 Å². The molecule has 1 amide bonds. The Morgan fingerprint density at radius 1 is 1.62 bits per heavy atom. The normalized spacial score (nSPS) is 23.8. The van der Waals surface area contributed by atoms with E-state index in [2.05, 4.69) is 20.8 Å². The first-order valence-corrected chi connectivity index (χ1v) is 4.93. The first-order chi connectivity index (χ1) is 7.27. The molecule has 0 bridgehead atoms. The molecule has 1 aromatic heterocycles. The summed E-state index contributed by atoms with van der Waals surface area (Å²) in [7, 11) is 0. The van der Waals surface area contributed by atoms with Crippen LogP contribution in [0.15, 0.2) is 12.3 Å². The molecular weight excluding hydrogens is 232 g/mol. The lowest BCUT2D eigenvalue weighted by Gasteiger charge is -2.13. The molecule has 7 heteroatoms. The van der Waals surface area contributed by atoms with Crippen molar-refractivity contribution in [1.29, 1.82) is 0 Å². The van der Waals surface area contributed by atoms with Gasteiger partial charge in [-0.1, -0.05) is 0 Å². The molecule has 1 aromatic rings. The van der Waals surface area contributed by atoms with Crippen LogP contribution in [0.25, 0.3) is 0 Å². The number of β-amino-alcohol motifs (C(OH)–C–C–N with tert-alkyl or cyclic N) is 1. The SMILES string of the molecule is Cl.O=C(NCC1CNCC1O)c1ccn[nH]1. The molecule has 4 N–H and O–H groups in total. The molecular formula is C9H15ClN4O2. The third kappa shape index (κ3) is 2.94. The van der Waals surface area contributed by atoms with Crippen LogP contribution in [-0.2, 0) is 0 Å². The van der Waals surface area contributed by atoms with Crippen LogP contribution in [0.2, 0.25) is 0 Å². The van der Waals surface area contributed by atoms with Gasteiger partial charge in [0.25, 0.3) is 5.91 Å². The molecule has 2 atom stereocenters. The van der Waals surface area contributed by atoms with Crippen LogP contribution >= 0.6 is 12.4 Å². The van der Waals surface area contributed by atoms with Gasteiger partial charge in [0.05, 0.1) is 6.10 Å². The van der Waals surface area contributed by atoms with Gasteiger partial charge in [0.15, 0.2) is 0 Å². The quantitative estimate of drug-likeness (QED) is 0.559. The largest absolute Gasteiger partial charge is 0.391 e. The number of aliphatic hydroxyl groups is 1. The molecule has 0 aliphatic carbocycles. The van der Waals surface area contributed by atoms with Crippen molar-refractivity contribution >= 4 is 18.3 Å². The van der Waals surface area contributed by atoms with E-state index in [1.54, 1.807) is 6.07 Å². The fourth-order valence-electron chi connectivity index (χ4n) is 1.63. The fourth-order valence-corrected chi connectivity index (χ4v) is 1.63. The Morgan fingerprint density at radius 2 is 2.44 bits per heavy atom. The third-order valence-electron chi connectivity index (χ3n) is 2.57. The zero-order valence-corrected chi connectivity index (χ0v) is 9.46. The zero-order valence-electron chi connectivity index (χ0n) is 8.64. The van der Waals surface area contributed by atoms with Crippen molar-refractivity contribution in [1.82, 2.24) is 20.8 Å². The topological polar surface area (TPSA) is 90.0 Å². The van der Waals surface area contributed by atoms with Crippen molar-refractivity contribution in [3.63, 3.8) is 0 Å². The Kier molecular flexibility index (Phi) is 4.72. The van der Waals surface area contributed by atoms with Gasteiger partial charge >= 0.3 is 0 Å². The van der Waals surface area contributed by atoms with Gasteiger partial charge in [0, 0.05) is 31.7 Å². The summed E-state index contributed by atoms with van der Waals surface area (Å²) in [6.07, 6.45) is 1.16. The van der Waals surface area contributed by atoms with Crippen LogP contribution in [-0.4, -0.2) is 46.9 Å². The van der Waals surface area contributed by atoms with E-state index in [0.717, 1.165) is 6.54 Å². The number of aliphatic hydroxyl groups excluding tert-OH is 1. The number of rotatable bonds is 3. The van der Waals surface area contributed by atoms with Crippen LogP contribution in [0, 0.1) is 5.92 Å². The second kappa shape index (κ2) is 5.83. The van der Waals surface area contributed by atoms with Crippen LogP contribution < -0.4 is 10.6 Å². The lowest BCUT2D eigenvalue weighted by atomic mass is 10.1. The monoisotopic (exact) mass is 246 g/mol. The Balaban J connectivity index is 0.00000128. The number of amides is 1. The number of carbonyl (C=O) groups excluding carboxylic acids is 1. The molecule has 1 aliphatic rings. The van der Waals surface area contributed by atoms with Crippen LogP contribution in [0.1, 0.15) is 10.5 Å². The minimum absolute atomic E-state index is 0. The number of aromatic nitrogens is 2. The van der Waals surface area contributed by atoms with Gasteiger partial charge in [-0.25, -0.2) is 0 Å². The molecule has 2 unspecified atom stereocenters. The van der Waals surface area contributed by atoms with Gasteiger partial charge in [0.1, 0.15) is 5.69 Å². The van der Waals surface area contributed by atoms with Gasteiger partial charge < -0.3 is 15.7 Å². The summed E-state index contributed by atoms with van der Waals surface area (Å²) in [6.45, 7) is 1.82. The highest BCUT2D eigenvalue weighted by Crippen LogP contribution is 2.07. The number of halogens is 1. The molecule has 0 saturated carbocycles. The molecule has 1 fully saturated rings. The maximum atomic E-state index is 11.5. The molecule has 1 aliphatic heterocycles. The molecule has 0 spiro atoms. The van der Waals surface area contributed by atoms with E-state index in [9.17, 15) is 9.90 Å². The first-order valence-electron chi connectivity index (χ1n) is 4.93. The molecule has 16 heavy (non-hydrogen) atoms. The second-order valence-corrected chi connectivity index (χ2v) is 3.67. The van der Waals surface area contributed by atoms with E-state index in [0.29, 0.717) is 18.8 Å². The molecule has 90 valence electrons. The van der Waals surface area contributed by atoms with E-state index >= 15 is 0 Å². The molecule has 1 saturated heterocycles. The maximum absolute atomic E-state index is 11.5. The molecule has 0 aromatic carbocycles. The number of carbonyl (C=O) groups is 1. The van der Waals surface area contributed by atoms with Crippen molar-refractivity contribution in [3.8, 4) is 0 Å². The Hall–Kier alpha value is -1.11. The van der Waals surface area contributed by atoms with Gasteiger partial charge in [-0.2, -0.15) is 5.10 Å². The zero-order chi connectivity index (χ0) is 10.7. The number of nitrogens with one attached hydrogen (secondary N) is 3. The van der Waals surface area contributed by atoms with Crippen molar-refractivity contribution in [2.24, 2.45) is 5.92 Å². The van der Waals surface area contributed by atoms with Crippen LogP contribution in [0.5, 0.6) is 0 Å². The lowest BCUT2D eigenvalue weighted by molar-refractivity contribution is 0.0922. The Morgan fingerprint density at radius 3 is 3.00 bits per heavy atom. The third-order valence-corrected chi connectivity index (χ3v) is 2.57. The standard InChI is InChI=1S/C9H14N4O2.ClH/c14-8-5-10-3-6(8)4-11-9(15)7-1-2-12-13-7;/h1-2,6,8,10,14H,3-5H2,(H,11,15)(H,12,13);1H. The highest BCUT2D eigenvalue weighted by molar-refractivity contribution is 5.92. The second-order valence-electron chi connectivity index (χ2n) is 3.67.